The zero-order chi connectivity index (χ0) is 12.6. The number of carbonyl (C=O) groups is 1. The van der Waals surface area contributed by atoms with Gasteiger partial charge >= 0.3 is 0 Å². The molecule has 92 valence electrons. The van der Waals surface area contributed by atoms with Gasteiger partial charge in [-0.05, 0) is 37.8 Å². The number of carbonyl (C=O) groups excluding carboxylic acids is 1. The molecule has 1 unspecified atom stereocenters. The molecule has 1 saturated carbocycles. The summed E-state index contributed by atoms with van der Waals surface area (Å²) in [6.45, 7) is 1.63. The minimum absolute atomic E-state index is 0.0878. The first-order chi connectivity index (χ1) is 7.89. The van der Waals surface area contributed by atoms with Gasteiger partial charge in [-0.1, -0.05) is 0 Å². The molecule has 1 amide bonds. The number of rotatable bonds is 3. The maximum absolute atomic E-state index is 12.9. The molecule has 5 heteroatoms. The Bertz CT molecular complexity index is 436. The molecule has 1 atom stereocenters. The molecule has 3 nitrogen and oxygen atoms in total. The number of anilines is 1. The van der Waals surface area contributed by atoms with Crippen molar-refractivity contribution in [2.24, 2.45) is 11.7 Å². The van der Waals surface area contributed by atoms with E-state index in [-0.39, 0.29) is 11.6 Å². The van der Waals surface area contributed by atoms with Gasteiger partial charge in [0.05, 0.1) is 5.54 Å². The van der Waals surface area contributed by atoms with Gasteiger partial charge in [-0.3, -0.25) is 4.79 Å². The van der Waals surface area contributed by atoms with Crippen LogP contribution in [0, 0.1) is 17.6 Å². The molecule has 1 aromatic carbocycles. The summed E-state index contributed by atoms with van der Waals surface area (Å²) < 4.78 is 25.8. The van der Waals surface area contributed by atoms with Crippen LogP contribution < -0.4 is 11.1 Å². The highest BCUT2D eigenvalue weighted by Crippen LogP contribution is 2.38. The van der Waals surface area contributed by atoms with E-state index in [1.165, 1.54) is 0 Å². The molecular formula is C12H14F2N2O. The first-order valence-corrected chi connectivity index (χ1v) is 5.46. The van der Waals surface area contributed by atoms with Crippen molar-refractivity contribution in [1.82, 2.24) is 0 Å². The quantitative estimate of drug-likeness (QED) is 0.849. The van der Waals surface area contributed by atoms with Crippen LogP contribution in [0.15, 0.2) is 18.2 Å². The van der Waals surface area contributed by atoms with Gasteiger partial charge in [0.15, 0.2) is 0 Å². The van der Waals surface area contributed by atoms with E-state index in [0.717, 1.165) is 31.0 Å². The third-order valence-electron chi connectivity index (χ3n) is 3.04. The Morgan fingerprint density at radius 1 is 1.35 bits per heavy atom. The van der Waals surface area contributed by atoms with E-state index in [4.69, 9.17) is 5.73 Å². The third-order valence-corrected chi connectivity index (χ3v) is 3.04. The van der Waals surface area contributed by atoms with Crippen LogP contribution in [0.5, 0.6) is 0 Å². The fourth-order valence-corrected chi connectivity index (χ4v) is 1.76. The Morgan fingerprint density at radius 3 is 2.35 bits per heavy atom. The van der Waals surface area contributed by atoms with Crippen molar-refractivity contribution >= 4 is 11.6 Å². The van der Waals surface area contributed by atoms with Crippen LogP contribution in [0.2, 0.25) is 0 Å². The summed E-state index contributed by atoms with van der Waals surface area (Å²) in [6.07, 6.45) is 1.83. The predicted octanol–water partition coefficient (Wildman–Crippen LogP) is 2.03. The van der Waals surface area contributed by atoms with E-state index in [9.17, 15) is 13.6 Å². The summed E-state index contributed by atoms with van der Waals surface area (Å²) in [5.41, 5.74) is 4.99. The molecule has 0 aromatic heterocycles. The molecular weight excluding hydrogens is 226 g/mol. The Hall–Kier alpha value is -1.49. The van der Waals surface area contributed by atoms with Crippen molar-refractivity contribution in [3.05, 3.63) is 29.8 Å². The fourth-order valence-electron chi connectivity index (χ4n) is 1.76. The molecule has 3 N–H and O–H groups in total. The minimum atomic E-state index is -0.983. The monoisotopic (exact) mass is 240 g/mol. The van der Waals surface area contributed by atoms with Gasteiger partial charge in [0.2, 0.25) is 5.91 Å². The van der Waals surface area contributed by atoms with Crippen molar-refractivity contribution < 1.29 is 13.6 Å². The van der Waals surface area contributed by atoms with Crippen LogP contribution in [0.1, 0.15) is 19.8 Å². The first kappa shape index (κ1) is 12.0. The number of nitrogens with two attached hydrogens (primary N) is 1. The van der Waals surface area contributed by atoms with E-state index in [2.05, 4.69) is 5.32 Å². The first-order valence-electron chi connectivity index (χ1n) is 5.46. The van der Waals surface area contributed by atoms with Crippen LogP contribution in [0.4, 0.5) is 14.5 Å². The number of amides is 1. The lowest BCUT2D eigenvalue weighted by Crippen LogP contribution is -2.50. The molecule has 2 rings (SSSR count). The second-order valence-corrected chi connectivity index (χ2v) is 4.67. The van der Waals surface area contributed by atoms with Crippen molar-refractivity contribution in [3.63, 3.8) is 0 Å². The average Bonchev–Trinajstić information content (AvgIpc) is 2.98. The van der Waals surface area contributed by atoms with E-state index in [0.29, 0.717) is 0 Å². The second kappa shape index (κ2) is 4.07. The van der Waals surface area contributed by atoms with Crippen LogP contribution in [0.3, 0.4) is 0 Å². The molecule has 1 fully saturated rings. The molecule has 0 spiro atoms. The highest BCUT2D eigenvalue weighted by atomic mass is 19.1. The Labute approximate surface area is 98.0 Å². The zero-order valence-electron chi connectivity index (χ0n) is 9.47. The van der Waals surface area contributed by atoms with Crippen LogP contribution >= 0.6 is 0 Å². The number of nitrogens with one attached hydrogen (secondary N) is 1. The summed E-state index contributed by atoms with van der Waals surface area (Å²) in [4.78, 5) is 11.9. The Morgan fingerprint density at radius 2 is 1.88 bits per heavy atom. The lowest BCUT2D eigenvalue weighted by Gasteiger charge is -2.23. The lowest BCUT2D eigenvalue weighted by molar-refractivity contribution is -0.121. The molecule has 1 aliphatic carbocycles. The summed E-state index contributed by atoms with van der Waals surface area (Å²) in [5.74, 6) is -1.72. The summed E-state index contributed by atoms with van der Waals surface area (Å²) in [5, 5.41) is 2.44. The zero-order valence-corrected chi connectivity index (χ0v) is 9.47. The topological polar surface area (TPSA) is 55.1 Å². The Balaban J connectivity index is 2.12. The normalized spacial score (nSPS) is 18.6. The van der Waals surface area contributed by atoms with Gasteiger partial charge in [-0.15, -0.1) is 0 Å². The maximum atomic E-state index is 12.9. The smallest absolute Gasteiger partial charge is 0.244 e. The molecule has 17 heavy (non-hydrogen) atoms. The SMILES string of the molecule is CC(N)(C(=O)Nc1cc(F)cc(F)c1)C1CC1. The number of hydrogen-bond acceptors (Lipinski definition) is 2. The van der Waals surface area contributed by atoms with Gasteiger partial charge in [0.1, 0.15) is 11.6 Å². The van der Waals surface area contributed by atoms with Gasteiger partial charge in [-0.25, -0.2) is 8.78 Å². The maximum Gasteiger partial charge on any atom is 0.244 e. The number of benzene rings is 1. The average molecular weight is 240 g/mol. The lowest BCUT2D eigenvalue weighted by atomic mass is 9.96. The van der Waals surface area contributed by atoms with Crippen molar-refractivity contribution in [1.29, 1.82) is 0 Å². The van der Waals surface area contributed by atoms with E-state index in [1.807, 2.05) is 0 Å². The molecule has 1 aliphatic rings. The predicted molar refractivity (Wildman–Crippen MR) is 60.3 cm³/mol. The van der Waals surface area contributed by atoms with Crippen molar-refractivity contribution in [3.8, 4) is 0 Å². The van der Waals surface area contributed by atoms with Crippen LogP contribution in [0.25, 0.3) is 0 Å². The highest BCUT2D eigenvalue weighted by molar-refractivity contribution is 5.98. The molecule has 0 heterocycles. The Kier molecular flexibility index (Phi) is 2.87. The van der Waals surface area contributed by atoms with Gasteiger partial charge in [0, 0.05) is 11.8 Å². The van der Waals surface area contributed by atoms with E-state index < -0.39 is 23.1 Å². The molecule has 0 aliphatic heterocycles. The van der Waals surface area contributed by atoms with E-state index >= 15 is 0 Å². The van der Waals surface area contributed by atoms with Crippen molar-refractivity contribution in [2.45, 2.75) is 25.3 Å². The molecule has 0 radical (unpaired) electrons. The number of halogens is 2. The minimum Gasteiger partial charge on any atom is -0.324 e. The van der Waals surface area contributed by atoms with Crippen LogP contribution in [-0.2, 0) is 4.79 Å². The molecule has 0 saturated heterocycles. The van der Waals surface area contributed by atoms with Gasteiger partial charge < -0.3 is 11.1 Å². The second-order valence-electron chi connectivity index (χ2n) is 4.67. The summed E-state index contributed by atoms with van der Waals surface area (Å²) in [7, 11) is 0. The highest BCUT2D eigenvalue weighted by Gasteiger charge is 2.44. The van der Waals surface area contributed by atoms with Crippen molar-refractivity contribution in [2.75, 3.05) is 5.32 Å². The number of hydrogen-bond donors (Lipinski definition) is 2. The van der Waals surface area contributed by atoms with E-state index in [1.54, 1.807) is 6.92 Å². The fraction of sp³-hybridized carbons (Fsp3) is 0.417. The molecule has 1 aromatic rings. The largest absolute Gasteiger partial charge is 0.324 e. The summed E-state index contributed by atoms with van der Waals surface area (Å²) in [6, 6.07) is 2.87. The standard InChI is InChI=1S/C12H14F2N2O/c1-12(15,7-2-3-7)11(17)16-10-5-8(13)4-9(14)6-10/h4-7H,2-3,15H2,1H3,(H,16,17). The van der Waals surface area contributed by atoms with Crippen LogP contribution in [-0.4, -0.2) is 11.4 Å². The van der Waals surface area contributed by atoms with Gasteiger partial charge in [0.25, 0.3) is 0 Å². The summed E-state index contributed by atoms with van der Waals surface area (Å²) >= 11 is 0. The third kappa shape index (κ3) is 2.61. The van der Waals surface area contributed by atoms with Gasteiger partial charge in [-0.2, -0.15) is 0 Å². The molecule has 0 bridgehead atoms.